The highest BCUT2D eigenvalue weighted by atomic mass is 35.5. The SMILES string of the molecule is CCCC(C)NC(=O)c1cccc(NS(=O)(=O)c2ccc(Cl)cc2)c1. The molecule has 134 valence electrons. The molecule has 0 radical (unpaired) electrons. The van der Waals surface area contributed by atoms with Crippen LogP contribution in [0.5, 0.6) is 0 Å². The van der Waals surface area contributed by atoms with Gasteiger partial charge in [0, 0.05) is 22.3 Å². The predicted octanol–water partition coefficient (Wildman–Crippen LogP) is 4.06. The molecule has 1 amide bonds. The second kappa shape index (κ2) is 8.36. The van der Waals surface area contributed by atoms with Gasteiger partial charge in [-0.15, -0.1) is 0 Å². The molecule has 0 saturated carbocycles. The molecule has 25 heavy (non-hydrogen) atoms. The van der Waals surface area contributed by atoms with E-state index in [0.717, 1.165) is 12.8 Å². The Bertz CT molecular complexity index is 836. The van der Waals surface area contributed by atoms with Gasteiger partial charge in [-0.1, -0.05) is 31.0 Å². The third-order valence-corrected chi connectivity index (χ3v) is 5.25. The third kappa shape index (κ3) is 5.47. The summed E-state index contributed by atoms with van der Waals surface area (Å²) in [6, 6.07) is 12.3. The Balaban J connectivity index is 2.15. The molecular weight excluding hydrogens is 360 g/mol. The topological polar surface area (TPSA) is 75.3 Å². The summed E-state index contributed by atoms with van der Waals surface area (Å²) in [5.74, 6) is -0.228. The van der Waals surface area contributed by atoms with E-state index in [1.165, 1.54) is 30.3 Å². The van der Waals surface area contributed by atoms with Crippen molar-refractivity contribution in [2.75, 3.05) is 4.72 Å². The van der Waals surface area contributed by atoms with Crippen molar-refractivity contribution in [3.05, 3.63) is 59.1 Å². The molecule has 2 N–H and O–H groups in total. The summed E-state index contributed by atoms with van der Waals surface area (Å²) >= 11 is 5.78. The number of sulfonamides is 1. The summed E-state index contributed by atoms with van der Waals surface area (Å²) in [7, 11) is -3.74. The van der Waals surface area contributed by atoms with E-state index < -0.39 is 10.0 Å². The molecule has 0 fully saturated rings. The van der Waals surface area contributed by atoms with E-state index in [-0.39, 0.29) is 16.8 Å². The van der Waals surface area contributed by atoms with Crippen LogP contribution in [-0.4, -0.2) is 20.4 Å². The Morgan fingerprint density at radius 2 is 1.84 bits per heavy atom. The van der Waals surface area contributed by atoms with Crippen LogP contribution in [0.3, 0.4) is 0 Å². The highest BCUT2D eigenvalue weighted by molar-refractivity contribution is 7.92. The van der Waals surface area contributed by atoms with Gasteiger partial charge in [-0.2, -0.15) is 0 Å². The van der Waals surface area contributed by atoms with Crippen molar-refractivity contribution in [2.24, 2.45) is 0 Å². The molecule has 0 bridgehead atoms. The van der Waals surface area contributed by atoms with Crippen LogP contribution >= 0.6 is 11.6 Å². The Labute approximate surface area is 153 Å². The van der Waals surface area contributed by atoms with Crippen LogP contribution in [0.4, 0.5) is 5.69 Å². The first-order valence-electron chi connectivity index (χ1n) is 8.01. The normalized spacial score (nSPS) is 12.4. The maximum Gasteiger partial charge on any atom is 0.261 e. The minimum atomic E-state index is -3.74. The largest absolute Gasteiger partial charge is 0.350 e. The monoisotopic (exact) mass is 380 g/mol. The molecule has 0 aliphatic rings. The number of anilines is 1. The lowest BCUT2D eigenvalue weighted by molar-refractivity contribution is 0.0938. The van der Waals surface area contributed by atoms with Crippen LogP contribution in [0.25, 0.3) is 0 Å². The predicted molar refractivity (Wildman–Crippen MR) is 101 cm³/mol. The van der Waals surface area contributed by atoms with Crippen molar-refractivity contribution in [1.82, 2.24) is 5.32 Å². The first-order valence-corrected chi connectivity index (χ1v) is 9.87. The molecule has 7 heteroatoms. The van der Waals surface area contributed by atoms with Gasteiger partial charge < -0.3 is 5.32 Å². The quantitative estimate of drug-likeness (QED) is 0.760. The summed E-state index contributed by atoms with van der Waals surface area (Å²) in [4.78, 5) is 12.4. The summed E-state index contributed by atoms with van der Waals surface area (Å²) in [5.41, 5.74) is 0.727. The lowest BCUT2D eigenvalue weighted by Crippen LogP contribution is -2.32. The minimum Gasteiger partial charge on any atom is -0.350 e. The van der Waals surface area contributed by atoms with E-state index in [9.17, 15) is 13.2 Å². The van der Waals surface area contributed by atoms with E-state index >= 15 is 0 Å². The maximum atomic E-state index is 12.4. The molecule has 0 heterocycles. The highest BCUT2D eigenvalue weighted by Crippen LogP contribution is 2.19. The summed E-state index contributed by atoms with van der Waals surface area (Å²) in [6.45, 7) is 3.99. The zero-order chi connectivity index (χ0) is 18.4. The number of hydrogen-bond acceptors (Lipinski definition) is 3. The van der Waals surface area contributed by atoms with Gasteiger partial charge in [0.15, 0.2) is 0 Å². The molecule has 0 spiro atoms. The fourth-order valence-corrected chi connectivity index (χ4v) is 3.54. The van der Waals surface area contributed by atoms with Gasteiger partial charge in [0.2, 0.25) is 0 Å². The smallest absolute Gasteiger partial charge is 0.261 e. The molecule has 1 unspecified atom stereocenters. The van der Waals surface area contributed by atoms with Gasteiger partial charge in [-0.3, -0.25) is 9.52 Å². The van der Waals surface area contributed by atoms with Crippen molar-refractivity contribution in [3.8, 4) is 0 Å². The Kier molecular flexibility index (Phi) is 6.45. The summed E-state index contributed by atoms with van der Waals surface area (Å²) < 4.78 is 27.3. The number of hydrogen-bond donors (Lipinski definition) is 2. The van der Waals surface area contributed by atoms with Crippen LogP contribution in [0.2, 0.25) is 5.02 Å². The molecular formula is C18H21ClN2O3S. The molecule has 2 rings (SSSR count). The zero-order valence-corrected chi connectivity index (χ0v) is 15.7. The lowest BCUT2D eigenvalue weighted by atomic mass is 10.1. The van der Waals surface area contributed by atoms with Crippen molar-refractivity contribution in [3.63, 3.8) is 0 Å². The number of carbonyl (C=O) groups is 1. The molecule has 0 aromatic heterocycles. The van der Waals surface area contributed by atoms with Gasteiger partial charge in [0.1, 0.15) is 0 Å². The van der Waals surface area contributed by atoms with Crippen LogP contribution < -0.4 is 10.0 Å². The van der Waals surface area contributed by atoms with Gasteiger partial charge in [-0.05, 0) is 55.8 Å². The third-order valence-electron chi connectivity index (χ3n) is 3.60. The van der Waals surface area contributed by atoms with Crippen molar-refractivity contribution < 1.29 is 13.2 Å². The first kappa shape index (κ1) is 19.3. The fraction of sp³-hybridized carbons (Fsp3) is 0.278. The number of rotatable bonds is 7. The zero-order valence-electron chi connectivity index (χ0n) is 14.1. The second-order valence-electron chi connectivity index (χ2n) is 5.80. The molecule has 2 aromatic rings. The van der Waals surface area contributed by atoms with Crippen LogP contribution in [0.1, 0.15) is 37.0 Å². The van der Waals surface area contributed by atoms with Crippen LogP contribution in [0.15, 0.2) is 53.4 Å². The van der Waals surface area contributed by atoms with E-state index in [2.05, 4.69) is 17.0 Å². The highest BCUT2D eigenvalue weighted by Gasteiger charge is 2.15. The Morgan fingerprint density at radius 3 is 2.48 bits per heavy atom. The molecule has 2 aromatic carbocycles. The molecule has 0 saturated heterocycles. The van der Waals surface area contributed by atoms with Crippen LogP contribution in [-0.2, 0) is 10.0 Å². The minimum absolute atomic E-state index is 0.0620. The van der Waals surface area contributed by atoms with Crippen LogP contribution in [0, 0.1) is 0 Å². The van der Waals surface area contributed by atoms with E-state index in [4.69, 9.17) is 11.6 Å². The average molecular weight is 381 g/mol. The van der Waals surface area contributed by atoms with E-state index in [1.54, 1.807) is 18.2 Å². The number of halogens is 1. The molecule has 0 aliphatic heterocycles. The average Bonchev–Trinajstić information content (AvgIpc) is 2.55. The molecule has 5 nitrogen and oxygen atoms in total. The maximum absolute atomic E-state index is 12.4. The van der Waals surface area contributed by atoms with Gasteiger partial charge in [-0.25, -0.2) is 8.42 Å². The number of amides is 1. The number of benzene rings is 2. The van der Waals surface area contributed by atoms with Crippen molar-refractivity contribution >= 4 is 33.2 Å². The van der Waals surface area contributed by atoms with Gasteiger partial charge in [0.05, 0.1) is 4.90 Å². The van der Waals surface area contributed by atoms with Gasteiger partial charge >= 0.3 is 0 Å². The molecule has 1 atom stereocenters. The molecule has 0 aliphatic carbocycles. The first-order chi connectivity index (χ1) is 11.8. The van der Waals surface area contributed by atoms with E-state index in [1.807, 2.05) is 6.92 Å². The summed E-state index contributed by atoms with van der Waals surface area (Å²) in [5, 5.41) is 3.35. The number of carbonyl (C=O) groups excluding carboxylic acids is 1. The summed E-state index contributed by atoms with van der Waals surface area (Å²) in [6.07, 6.45) is 1.86. The second-order valence-corrected chi connectivity index (χ2v) is 7.92. The fourth-order valence-electron chi connectivity index (χ4n) is 2.36. The Hall–Kier alpha value is -2.05. The van der Waals surface area contributed by atoms with Crippen molar-refractivity contribution in [1.29, 1.82) is 0 Å². The van der Waals surface area contributed by atoms with Crippen molar-refractivity contribution in [2.45, 2.75) is 37.6 Å². The lowest BCUT2D eigenvalue weighted by Gasteiger charge is -2.14. The number of nitrogens with one attached hydrogen (secondary N) is 2. The van der Waals surface area contributed by atoms with Gasteiger partial charge in [0.25, 0.3) is 15.9 Å². The Morgan fingerprint density at radius 1 is 1.16 bits per heavy atom. The standard InChI is InChI=1S/C18H21ClN2O3S/c1-3-5-13(2)20-18(22)14-6-4-7-16(12-14)21-25(23,24)17-10-8-15(19)9-11-17/h4,6-13,21H,3,5H2,1-2H3,(H,20,22). The van der Waals surface area contributed by atoms with E-state index in [0.29, 0.717) is 16.3 Å².